The zero-order chi connectivity index (χ0) is 23.3. The Balaban J connectivity index is 1.83. The van der Waals surface area contributed by atoms with Crippen LogP contribution in [-0.4, -0.2) is 69.5 Å². The molecule has 2 aromatic rings. The van der Waals surface area contributed by atoms with E-state index in [2.05, 4.69) is 0 Å². The van der Waals surface area contributed by atoms with Crippen molar-refractivity contribution in [1.29, 1.82) is 0 Å². The van der Waals surface area contributed by atoms with Crippen LogP contribution in [0.3, 0.4) is 0 Å². The first kappa shape index (κ1) is 24.2. The number of sulfonamides is 1. The summed E-state index contributed by atoms with van der Waals surface area (Å²) in [5.41, 5.74) is 0.224. The van der Waals surface area contributed by atoms with Crippen molar-refractivity contribution in [1.82, 2.24) is 9.80 Å². The molecule has 1 fully saturated rings. The highest BCUT2D eigenvalue weighted by Crippen LogP contribution is 2.30. The van der Waals surface area contributed by atoms with E-state index in [1.807, 2.05) is 0 Å². The van der Waals surface area contributed by atoms with Gasteiger partial charge < -0.3 is 14.5 Å². The summed E-state index contributed by atoms with van der Waals surface area (Å²) in [6.45, 7) is 2.74. The van der Waals surface area contributed by atoms with E-state index in [9.17, 15) is 18.0 Å². The summed E-state index contributed by atoms with van der Waals surface area (Å²) in [7, 11) is -4.05. The molecule has 2 amide bonds. The molecule has 0 atom stereocenters. The van der Waals surface area contributed by atoms with Gasteiger partial charge in [-0.1, -0.05) is 41.4 Å². The molecule has 0 aromatic heterocycles. The van der Waals surface area contributed by atoms with Gasteiger partial charge in [0.05, 0.1) is 27.2 Å². The van der Waals surface area contributed by atoms with Crippen LogP contribution >= 0.6 is 23.2 Å². The Morgan fingerprint density at radius 2 is 1.59 bits per heavy atom. The lowest BCUT2D eigenvalue weighted by Gasteiger charge is -2.35. The molecule has 172 valence electrons. The Hall–Kier alpha value is -2.49. The van der Waals surface area contributed by atoms with Gasteiger partial charge in [-0.3, -0.25) is 9.10 Å². The summed E-state index contributed by atoms with van der Waals surface area (Å²) < 4.78 is 32.7. The molecule has 3 rings (SSSR count). The lowest BCUT2D eigenvalue weighted by Crippen LogP contribution is -2.53. The van der Waals surface area contributed by atoms with Crippen LogP contribution in [0.1, 0.15) is 6.92 Å². The second kappa shape index (κ2) is 10.4. The summed E-state index contributed by atoms with van der Waals surface area (Å²) in [4.78, 5) is 28.0. The van der Waals surface area contributed by atoms with Gasteiger partial charge in [0, 0.05) is 26.2 Å². The number of halogens is 2. The second-order valence-electron chi connectivity index (χ2n) is 6.99. The SMILES string of the molecule is CCOC(=O)N1CCN(C(=O)CN(c2ccc(Cl)c(Cl)c2)S(=O)(=O)c2ccccc2)CC1. The predicted octanol–water partition coefficient (Wildman–Crippen LogP) is 3.49. The number of piperazine rings is 1. The van der Waals surface area contributed by atoms with Crippen LogP contribution in [0.2, 0.25) is 10.0 Å². The van der Waals surface area contributed by atoms with Gasteiger partial charge in [-0.15, -0.1) is 0 Å². The molecule has 11 heteroatoms. The van der Waals surface area contributed by atoms with Crippen molar-refractivity contribution in [3.63, 3.8) is 0 Å². The minimum absolute atomic E-state index is 0.0472. The molecule has 8 nitrogen and oxygen atoms in total. The lowest BCUT2D eigenvalue weighted by molar-refractivity contribution is -0.131. The number of hydrogen-bond acceptors (Lipinski definition) is 5. The monoisotopic (exact) mass is 499 g/mol. The number of amides is 2. The normalized spacial score (nSPS) is 14.2. The third-order valence-corrected chi connectivity index (χ3v) is 7.49. The van der Waals surface area contributed by atoms with Crippen molar-refractivity contribution >= 4 is 50.9 Å². The van der Waals surface area contributed by atoms with Gasteiger partial charge in [0.2, 0.25) is 5.91 Å². The predicted molar refractivity (Wildman–Crippen MR) is 123 cm³/mol. The number of carbonyl (C=O) groups is 2. The fraction of sp³-hybridized carbons (Fsp3) is 0.333. The molecule has 1 aliphatic rings. The lowest BCUT2D eigenvalue weighted by atomic mass is 10.3. The number of rotatable bonds is 6. The Kier molecular flexibility index (Phi) is 7.86. The first-order chi connectivity index (χ1) is 15.2. The number of anilines is 1. The van der Waals surface area contributed by atoms with Crippen LogP contribution in [-0.2, 0) is 19.6 Å². The maximum Gasteiger partial charge on any atom is 0.409 e. The molecule has 0 bridgehead atoms. The highest BCUT2D eigenvalue weighted by Gasteiger charge is 2.31. The number of carbonyl (C=O) groups excluding carboxylic acids is 2. The molecule has 1 heterocycles. The van der Waals surface area contributed by atoms with E-state index in [0.717, 1.165) is 4.31 Å². The maximum atomic E-state index is 13.4. The van der Waals surface area contributed by atoms with E-state index in [1.54, 1.807) is 25.1 Å². The van der Waals surface area contributed by atoms with Gasteiger partial charge in [-0.05, 0) is 37.3 Å². The molecule has 1 aliphatic heterocycles. The first-order valence-electron chi connectivity index (χ1n) is 9.96. The average molecular weight is 500 g/mol. The molecule has 0 unspecified atom stereocenters. The van der Waals surface area contributed by atoms with Gasteiger partial charge in [-0.25, -0.2) is 13.2 Å². The van der Waals surface area contributed by atoms with Crippen molar-refractivity contribution in [2.24, 2.45) is 0 Å². The first-order valence-corrected chi connectivity index (χ1v) is 12.2. The highest BCUT2D eigenvalue weighted by molar-refractivity contribution is 7.92. The number of benzene rings is 2. The van der Waals surface area contributed by atoms with Crippen LogP contribution in [0.25, 0.3) is 0 Å². The Morgan fingerprint density at radius 1 is 0.969 bits per heavy atom. The van der Waals surface area contributed by atoms with Crippen molar-refractivity contribution in [2.75, 3.05) is 43.6 Å². The van der Waals surface area contributed by atoms with E-state index in [4.69, 9.17) is 27.9 Å². The number of hydrogen-bond donors (Lipinski definition) is 0. The Labute approximate surface area is 197 Å². The number of nitrogens with zero attached hydrogens (tertiary/aromatic N) is 3. The minimum atomic E-state index is -4.05. The average Bonchev–Trinajstić information content (AvgIpc) is 2.80. The van der Waals surface area contributed by atoms with Crippen molar-refractivity contribution in [3.05, 3.63) is 58.6 Å². The molecule has 0 N–H and O–H groups in total. The van der Waals surface area contributed by atoms with E-state index in [1.165, 1.54) is 40.1 Å². The van der Waals surface area contributed by atoms with Crippen molar-refractivity contribution in [3.8, 4) is 0 Å². The molecule has 0 aliphatic carbocycles. The van der Waals surface area contributed by atoms with Crippen LogP contribution < -0.4 is 4.31 Å². The molecular weight excluding hydrogens is 477 g/mol. The standard InChI is InChI=1S/C21H23Cl2N3O5S/c1-2-31-21(28)25-12-10-24(11-13-25)20(27)15-26(16-8-9-18(22)19(23)14-16)32(29,30)17-6-4-3-5-7-17/h3-9,14H,2,10-13,15H2,1H3. The Morgan fingerprint density at radius 3 is 2.19 bits per heavy atom. The van der Waals surface area contributed by atoms with Gasteiger partial charge >= 0.3 is 6.09 Å². The van der Waals surface area contributed by atoms with E-state index >= 15 is 0 Å². The van der Waals surface area contributed by atoms with Gasteiger partial charge in [0.15, 0.2) is 0 Å². The van der Waals surface area contributed by atoms with Crippen molar-refractivity contribution in [2.45, 2.75) is 11.8 Å². The topological polar surface area (TPSA) is 87.2 Å². The molecule has 0 radical (unpaired) electrons. The summed E-state index contributed by atoms with van der Waals surface area (Å²) in [5.74, 6) is -0.390. The molecule has 2 aromatic carbocycles. The fourth-order valence-corrected chi connectivity index (χ4v) is 4.97. The fourth-order valence-electron chi connectivity index (χ4n) is 3.25. The molecule has 32 heavy (non-hydrogen) atoms. The van der Waals surface area contributed by atoms with Crippen LogP contribution in [0.5, 0.6) is 0 Å². The zero-order valence-electron chi connectivity index (χ0n) is 17.4. The van der Waals surface area contributed by atoms with Crippen molar-refractivity contribution < 1.29 is 22.7 Å². The Bertz CT molecular complexity index is 1070. The summed E-state index contributed by atoms with van der Waals surface area (Å²) in [6, 6.07) is 12.2. The third kappa shape index (κ3) is 5.46. The minimum Gasteiger partial charge on any atom is -0.450 e. The van der Waals surface area contributed by atoms with Crippen LogP contribution in [0, 0.1) is 0 Å². The summed E-state index contributed by atoms with van der Waals surface area (Å²) in [6.07, 6.45) is -0.427. The van der Waals surface area contributed by atoms with E-state index in [-0.39, 0.29) is 46.2 Å². The number of ether oxygens (including phenoxy) is 1. The molecular formula is C21H23Cl2N3O5S. The third-order valence-electron chi connectivity index (χ3n) is 4.96. The second-order valence-corrected chi connectivity index (χ2v) is 9.67. The zero-order valence-corrected chi connectivity index (χ0v) is 19.7. The quantitative estimate of drug-likeness (QED) is 0.606. The van der Waals surface area contributed by atoms with Gasteiger partial charge in [0.25, 0.3) is 10.0 Å². The largest absolute Gasteiger partial charge is 0.450 e. The summed E-state index contributed by atoms with van der Waals surface area (Å²) in [5, 5.41) is 0.446. The molecule has 1 saturated heterocycles. The van der Waals surface area contributed by atoms with Gasteiger partial charge in [-0.2, -0.15) is 0 Å². The molecule has 0 saturated carbocycles. The van der Waals surface area contributed by atoms with Crippen LogP contribution in [0.4, 0.5) is 10.5 Å². The molecule has 0 spiro atoms. The van der Waals surface area contributed by atoms with Gasteiger partial charge in [0.1, 0.15) is 6.54 Å². The van der Waals surface area contributed by atoms with Crippen LogP contribution in [0.15, 0.2) is 53.4 Å². The maximum absolute atomic E-state index is 13.4. The summed E-state index contributed by atoms with van der Waals surface area (Å²) >= 11 is 12.1. The smallest absolute Gasteiger partial charge is 0.409 e. The van der Waals surface area contributed by atoms with E-state index < -0.39 is 22.7 Å². The van der Waals surface area contributed by atoms with E-state index in [0.29, 0.717) is 13.1 Å². The highest BCUT2D eigenvalue weighted by atomic mass is 35.5.